The van der Waals surface area contributed by atoms with Crippen LogP contribution in [0.25, 0.3) is 11.0 Å². The molecule has 1 aromatic heterocycles. The molecule has 0 saturated carbocycles. The summed E-state index contributed by atoms with van der Waals surface area (Å²) in [6.45, 7) is 3.28. The van der Waals surface area contributed by atoms with E-state index in [0.717, 1.165) is 50.7 Å². The van der Waals surface area contributed by atoms with Gasteiger partial charge in [0, 0.05) is 32.6 Å². The number of benzene rings is 1. The molecule has 27 heavy (non-hydrogen) atoms. The summed E-state index contributed by atoms with van der Waals surface area (Å²) in [6, 6.07) is 4.95. The van der Waals surface area contributed by atoms with Crippen molar-refractivity contribution in [1.82, 2.24) is 24.2 Å². The van der Waals surface area contributed by atoms with Gasteiger partial charge in [-0.05, 0) is 43.9 Å². The first-order chi connectivity index (χ1) is 13.1. The third-order valence-corrected chi connectivity index (χ3v) is 7.33. The molecule has 3 heterocycles. The molecule has 2 aliphatic heterocycles. The zero-order valence-electron chi connectivity index (χ0n) is 15.4. The predicted molar refractivity (Wildman–Crippen MR) is 101 cm³/mol. The fraction of sp³-hybridized carbons (Fsp3) is 0.611. The average molecular weight is 391 g/mol. The average Bonchev–Trinajstić information content (AvgIpc) is 3.36. The van der Waals surface area contributed by atoms with Gasteiger partial charge in [-0.1, -0.05) is 11.6 Å². The predicted octanol–water partition coefficient (Wildman–Crippen LogP) is 1.62. The van der Waals surface area contributed by atoms with Gasteiger partial charge >= 0.3 is 0 Å². The number of aryl methyl sites for hydroxylation is 1. The molecule has 1 aromatic carbocycles. The van der Waals surface area contributed by atoms with E-state index in [2.05, 4.69) is 10.3 Å². The van der Waals surface area contributed by atoms with Crippen LogP contribution in [0.2, 0.25) is 0 Å². The summed E-state index contributed by atoms with van der Waals surface area (Å²) in [5.41, 5.74) is 1.29. The van der Waals surface area contributed by atoms with E-state index in [0.29, 0.717) is 31.6 Å². The standard InChI is InChI=1S/C18H25N5O3S/c24-18(21-9-4-5-10-21)8-13-23-17-7-6-15(14-16(17)19-20-23)27(25,26)22-11-2-1-3-12-22/h6-7,14H,1-5,8-13H2. The van der Waals surface area contributed by atoms with Crippen molar-refractivity contribution in [3.63, 3.8) is 0 Å². The van der Waals surface area contributed by atoms with Gasteiger partial charge in [-0.2, -0.15) is 4.31 Å². The minimum atomic E-state index is -3.49. The fourth-order valence-corrected chi connectivity index (χ4v) is 5.40. The lowest BCUT2D eigenvalue weighted by Crippen LogP contribution is -2.35. The molecule has 0 atom stereocenters. The summed E-state index contributed by atoms with van der Waals surface area (Å²) in [5, 5.41) is 8.24. The summed E-state index contributed by atoms with van der Waals surface area (Å²) in [6.07, 6.45) is 5.42. The molecule has 2 aliphatic rings. The lowest BCUT2D eigenvalue weighted by Gasteiger charge is -2.25. The zero-order chi connectivity index (χ0) is 18.9. The monoisotopic (exact) mass is 391 g/mol. The van der Waals surface area contributed by atoms with Crippen molar-refractivity contribution < 1.29 is 13.2 Å². The number of carbonyl (C=O) groups is 1. The lowest BCUT2D eigenvalue weighted by molar-refractivity contribution is -0.130. The van der Waals surface area contributed by atoms with Crippen LogP contribution in [0.4, 0.5) is 0 Å². The number of piperidine rings is 1. The van der Waals surface area contributed by atoms with Crippen LogP contribution in [0, 0.1) is 0 Å². The van der Waals surface area contributed by atoms with Gasteiger partial charge in [0.1, 0.15) is 5.52 Å². The molecule has 2 aromatic rings. The number of rotatable bonds is 5. The van der Waals surface area contributed by atoms with Crippen molar-refractivity contribution in [2.45, 2.75) is 50.0 Å². The van der Waals surface area contributed by atoms with E-state index in [9.17, 15) is 13.2 Å². The largest absolute Gasteiger partial charge is 0.343 e. The number of fused-ring (bicyclic) bond motifs is 1. The number of sulfonamides is 1. The lowest BCUT2D eigenvalue weighted by atomic mass is 10.2. The van der Waals surface area contributed by atoms with Crippen LogP contribution < -0.4 is 0 Å². The highest BCUT2D eigenvalue weighted by atomic mass is 32.2. The van der Waals surface area contributed by atoms with E-state index in [1.54, 1.807) is 27.2 Å². The third-order valence-electron chi connectivity index (χ3n) is 5.43. The van der Waals surface area contributed by atoms with E-state index >= 15 is 0 Å². The molecule has 0 spiro atoms. The normalized spacial score (nSPS) is 19.0. The van der Waals surface area contributed by atoms with Crippen LogP contribution in [-0.2, 0) is 21.4 Å². The molecular weight excluding hydrogens is 366 g/mol. The molecule has 1 amide bonds. The minimum absolute atomic E-state index is 0.139. The van der Waals surface area contributed by atoms with E-state index in [1.807, 2.05) is 4.90 Å². The molecule has 2 saturated heterocycles. The van der Waals surface area contributed by atoms with Crippen molar-refractivity contribution in [1.29, 1.82) is 0 Å². The molecule has 0 bridgehead atoms. The molecule has 9 heteroatoms. The van der Waals surface area contributed by atoms with Crippen LogP contribution in [-0.4, -0.2) is 64.7 Å². The summed E-state index contributed by atoms with van der Waals surface area (Å²) in [4.78, 5) is 14.4. The number of carbonyl (C=O) groups excluding carboxylic acids is 1. The molecule has 4 rings (SSSR count). The Bertz CT molecular complexity index is 928. The SMILES string of the molecule is O=C(CCn1nnc2cc(S(=O)(=O)N3CCCCC3)ccc21)N1CCCC1. The first kappa shape index (κ1) is 18.4. The summed E-state index contributed by atoms with van der Waals surface area (Å²) in [5.74, 6) is 0.139. The van der Waals surface area contributed by atoms with Gasteiger partial charge in [0.2, 0.25) is 15.9 Å². The quantitative estimate of drug-likeness (QED) is 0.773. The van der Waals surface area contributed by atoms with Crippen LogP contribution >= 0.6 is 0 Å². The minimum Gasteiger partial charge on any atom is -0.343 e. The Morgan fingerprint density at radius 1 is 1.00 bits per heavy atom. The van der Waals surface area contributed by atoms with E-state index in [-0.39, 0.29) is 10.8 Å². The summed E-state index contributed by atoms with van der Waals surface area (Å²) >= 11 is 0. The number of amides is 1. The van der Waals surface area contributed by atoms with Crippen molar-refractivity contribution in [3.05, 3.63) is 18.2 Å². The number of hydrogen-bond acceptors (Lipinski definition) is 5. The number of aromatic nitrogens is 3. The first-order valence-corrected chi connectivity index (χ1v) is 11.1. The molecular formula is C18H25N5O3S. The van der Waals surface area contributed by atoms with Gasteiger partial charge in [-0.15, -0.1) is 5.10 Å². The molecule has 0 N–H and O–H groups in total. The van der Waals surface area contributed by atoms with Gasteiger partial charge < -0.3 is 4.90 Å². The fourth-order valence-electron chi connectivity index (χ4n) is 3.86. The Hall–Kier alpha value is -2.00. The molecule has 0 aliphatic carbocycles. The van der Waals surface area contributed by atoms with Gasteiger partial charge in [0.15, 0.2) is 0 Å². The van der Waals surface area contributed by atoms with E-state index < -0.39 is 10.0 Å². The smallest absolute Gasteiger partial charge is 0.243 e. The van der Waals surface area contributed by atoms with Crippen molar-refractivity contribution in [2.24, 2.45) is 0 Å². The highest BCUT2D eigenvalue weighted by Crippen LogP contribution is 2.23. The molecule has 8 nitrogen and oxygen atoms in total. The van der Waals surface area contributed by atoms with E-state index in [4.69, 9.17) is 0 Å². The maximum Gasteiger partial charge on any atom is 0.243 e. The van der Waals surface area contributed by atoms with Crippen LogP contribution in [0.5, 0.6) is 0 Å². The van der Waals surface area contributed by atoms with Gasteiger partial charge in [-0.3, -0.25) is 4.79 Å². The van der Waals surface area contributed by atoms with Crippen LogP contribution in [0.15, 0.2) is 23.1 Å². The van der Waals surface area contributed by atoms with Gasteiger partial charge in [0.05, 0.1) is 17.0 Å². The molecule has 0 radical (unpaired) electrons. The summed E-state index contributed by atoms with van der Waals surface area (Å²) < 4.78 is 28.9. The Balaban J connectivity index is 1.50. The summed E-state index contributed by atoms with van der Waals surface area (Å²) in [7, 11) is -3.49. The number of likely N-dealkylation sites (tertiary alicyclic amines) is 1. The zero-order valence-corrected chi connectivity index (χ0v) is 16.2. The van der Waals surface area contributed by atoms with Crippen molar-refractivity contribution in [2.75, 3.05) is 26.2 Å². The van der Waals surface area contributed by atoms with E-state index in [1.165, 1.54) is 0 Å². The van der Waals surface area contributed by atoms with Crippen LogP contribution in [0.3, 0.4) is 0 Å². The second-order valence-corrected chi connectivity index (χ2v) is 9.20. The Morgan fingerprint density at radius 3 is 2.44 bits per heavy atom. The third kappa shape index (κ3) is 3.70. The second kappa shape index (κ2) is 7.55. The molecule has 0 unspecified atom stereocenters. The molecule has 2 fully saturated rings. The highest BCUT2D eigenvalue weighted by Gasteiger charge is 2.26. The first-order valence-electron chi connectivity index (χ1n) is 9.67. The Labute approximate surface area is 159 Å². The Morgan fingerprint density at radius 2 is 1.70 bits per heavy atom. The molecule has 146 valence electrons. The van der Waals surface area contributed by atoms with Gasteiger partial charge in [-0.25, -0.2) is 13.1 Å². The number of hydrogen-bond donors (Lipinski definition) is 0. The maximum absolute atomic E-state index is 12.8. The van der Waals surface area contributed by atoms with Gasteiger partial charge in [0.25, 0.3) is 0 Å². The Kier molecular flexibility index (Phi) is 5.14. The second-order valence-electron chi connectivity index (χ2n) is 7.27. The van der Waals surface area contributed by atoms with Crippen LogP contribution in [0.1, 0.15) is 38.5 Å². The van der Waals surface area contributed by atoms with Crippen molar-refractivity contribution in [3.8, 4) is 0 Å². The van der Waals surface area contributed by atoms with Crippen molar-refractivity contribution >= 4 is 27.0 Å². The maximum atomic E-state index is 12.8. The highest BCUT2D eigenvalue weighted by molar-refractivity contribution is 7.89. The number of nitrogens with zero attached hydrogens (tertiary/aromatic N) is 5. The topological polar surface area (TPSA) is 88.4 Å².